The maximum absolute atomic E-state index is 9.41. The summed E-state index contributed by atoms with van der Waals surface area (Å²) in [4.78, 5) is 9.77. The molecular formula is C41H22N4O2. The van der Waals surface area contributed by atoms with E-state index in [9.17, 15) is 5.26 Å². The van der Waals surface area contributed by atoms with Crippen molar-refractivity contribution in [2.45, 2.75) is 0 Å². The van der Waals surface area contributed by atoms with E-state index in [0.29, 0.717) is 17.3 Å². The molecular weight excluding hydrogens is 580 g/mol. The molecule has 0 aliphatic heterocycles. The fourth-order valence-electron chi connectivity index (χ4n) is 6.73. The van der Waals surface area contributed by atoms with Gasteiger partial charge in [-0.2, -0.15) is 5.26 Å². The zero-order valence-corrected chi connectivity index (χ0v) is 24.8. The predicted molar refractivity (Wildman–Crippen MR) is 187 cm³/mol. The van der Waals surface area contributed by atoms with Crippen LogP contribution in [0.25, 0.3) is 94.1 Å². The molecule has 47 heavy (non-hydrogen) atoms. The summed E-state index contributed by atoms with van der Waals surface area (Å²) in [5.74, 6) is 1.14. The molecule has 6 heteroatoms. The molecule has 6 nitrogen and oxygen atoms in total. The van der Waals surface area contributed by atoms with Gasteiger partial charge in [0.15, 0.2) is 11.2 Å². The summed E-state index contributed by atoms with van der Waals surface area (Å²) in [5, 5.41) is 16.0. The van der Waals surface area contributed by atoms with Gasteiger partial charge in [-0.1, -0.05) is 48.5 Å². The number of hydrogen-bond acceptors (Lipinski definition) is 5. The van der Waals surface area contributed by atoms with Crippen LogP contribution in [0.4, 0.5) is 0 Å². The highest BCUT2D eigenvalue weighted by Crippen LogP contribution is 2.38. The van der Waals surface area contributed by atoms with E-state index in [1.165, 1.54) is 0 Å². The van der Waals surface area contributed by atoms with Crippen molar-refractivity contribution in [1.82, 2.24) is 14.5 Å². The quantitative estimate of drug-likeness (QED) is 0.201. The van der Waals surface area contributed by atoms with Gasteiger partial charge in [-0.15, -0.1) is 0 Å². The van der Waals surface area contributed by atoms with Crippen LogP contribution in [0, 0.1) is 11.3 Å². The highest BCUT2D eigenvalue weighted by Gasteiger charge is 2.18. The highest BCUT2D eigenvalue weighted by atomic mass is 16.4. The van der Waals surface area contributed by atoms with Crippen molar-refractivity contribution in [2.75, 3.05) is 0 Å². The summed E-state index contributed by atoms with van der Waals surface area (Å²) in [6.07, 6.45) is 0. The molecule has 0 saturated heterocycles. The Balaban J connectivity index is 1.18. The molecule has 0 bridgehead atoms. The minimum Gasteiger partial charge on any atom is -0.436 e. The maximum atomic E-state index is 9.41. The summed E-state index contributed by atoms with van der Waals surface area (Å²) in [5.41, 5.74) is 8.56. The van der Waals surface area contributed by atoms with E-state index in [2.05, 4.69) is 83.4 Å². The second kappa shape index (κ2) is 9.64. The molecule has 7 aromatic carbocycles. The lowest BCUT2D eigenvalue weighted by molar-refractivity contribution is 0.620. The fraction of sp³-hybridized carbons (Fsp3) is 0. The molecule has 218 valence electrons. The molecule has 0 spiro atoms. The van der Waals surface area contributed by atoms with Crippen LogP contribution in [0.3, 0.4) is 0 Å². The van der Waals surface area contributed by atoms with Crippen molar-refractivity contribution in [1.29, 1.82) is 5.26 Å². The van der Waals surface area contributed by atoms with Crippen molar-refractivity contribution in [3.05, 3.63) is 139 Å². The number of hydrogen-bond donors (Lipinski definition) is 0. The van der Waals surface area contributed by atoms with Crippen LogP contribution in [0.2, 0.25) is 0 Å². The fourth-order valence-corrected chi connectivity index (χ4v) is 6.73. The summed E-state index contributed by atoms with van der Waals surface area (Å²) < 4.78 is 14.9. The lowest BCUT2D eigenvalue weighted by Crippen LogP contribution is -1.94. The van der Waals surface area contributed by atoms with Crippen LogP contribution in [0.5, 0.6) is 0 Å². The zero-order chi connectivity index (χ0) is 31.1. The Labute approximate surface area is 267 Å². The van der Waals surface area contributed by atoms with Gasteiger partial charge in [0.05, 0.1) is 22.7 Å². The molecule has 0 fully saturated rings. The van der Waals surface area contributed by atoms with Gasteiger partial charge in [-0.05, 0) is 106 Å². The molecule has 0 atom stereocenters. The first-order chi connectivity index (χ1) is 23.2. The van der Waals surface area contributed by atoms with Gasteiger partial charge in [0.25, 0.3) is 0 Å². The van der Waals surface area contributed by atoms with Gasteiger partial charge in [0.2, 0.25) is 11.8 Å². The average molecular weight is 603 g/mol. The third-order valence-corrected chi connectivity index (χ3v) is 9.03. The Bertz CT molecular complexity index is 2640. The predicted octanol–water partition coefficient (Wildman–Crippen LogP) is 10.6. The number of nitrogens with zero attached hydrogens (tertiary/aromatic N) is 4. The highest BCUT2D eigenvalue weighted by molar-refractivity contribution is 6.11. The van der Waals surface area contributed by atoms with Crippen LogP contribution in [-0.2, 0) is 0 Å². The maximum Gasteiger partial charge on any atom is 0.227 e. The smallest absolute Gasteiger partial charge is 0.227 e. The first kappa shape index (κ1) is 25.6. The molecule has 0 unspecified atom stereocenters. The number of aromatic nitrogens is 3. The summed E-state index contributed by atoms with van der Waals surface area (Å²) in [6, 6.07) is 47.2. The van der Waals surface area contributed by atoms with Gasteiger partial charge in [0.1, 0.15) is 11.0 Å². The Morgan fingerprint density at radius 1 is 0.511 bits per heavy atom. The van der Waals surface area contributed by atoms with Crippen LogP contribution >= 0.6 is 0 Å². The van der Waals surface area contributed by atoms with Crippen LogP contribution in [-0.4, -0.2) is 14.5 Å². The second-order valence-electron chi connectivity index (χ2n) is 11.8. The van der Waals surface area contributed by atoms with Crippen LogP contribution in [0.1, 0.15) is 5.56 Å². The Morgan fingerprint density at radius 2 is 0.979 bits per heavy atom. The van der Waals surface area contributed by atoms with Crippen LogP contribution < -0.4 is 0 Å². The molecule has 0 saturated carbocycles. The van der Waals surface area contributed by atoms with Crippen molar-refractivity contribution >= 4 is 65.6 Å². The SMILES string of the molecule is N#Cc1ccc(-n2c3ccc(-c4nc5cc6ccccc6cc5o4)cc3c3cc(-c4nc5cc6ccccc6cc5o4)ccc32)cc1. The van der Waals surface area contributed by atoms with Gasteiger partial charge < -0.3 is 13.4 Å². The Morgan fingerprint density at radius 3 is 1.45 bits per heavy atom. The number of rotatable bonds is 3. The molecule has 0 aliphatic carbocycles. The third kappa shape index (κ3) is 3.97. The molecule has 10 rings (SSSR count). The minimum absolute atomic E-state index is 0.568. The van der Waals surface area contributed by atoms with E-state index in [1.54, 1.807) is 0 Å². The van der Waals surface area contributed by atoms with E-state index in [4.69, 9.17) is 18.8 Å². The van der Waals surface area contributed by atoms with Crippen molar-refractivity contribution in [2.24, 2.45) is 0 Å². The van der Waals surface area contributed by atoms with Gasteiger partial charge in [-0.25, -0.2) is 9.97 Å². The number of fused-ring (bicyclic) bond motifs is 7. The lowest BCUT2D eigenvalue weighted by atomic mass is 10.1. The van der Waals surface area contributed by atoms with E-state index in [0.717, 1.165) is 82.4 Å². The van der Waals surface area contributed by atoms with Crippen molar-refractivity contribution in [3.63, 3.8) is 0 Å². The average Bonchev–Trinajstić information content (AvgIpc) is 3.82. The topological polar surface area (TPSA) is 80.8 Å². The molecule has 0 N–H and O–H groups in total. The number of nitriles is 1. The Hall–Kier alpha value is -6.71. The Kier molecular flexibility index (Phi) is 5.25. The number of oxazole rings is 2. The van der Waals surface area contributed by atoms with Gasteiger partial charge in [0, 0.05) is 27.6 Å². The summed E-state index contributed by atoms with van der Waals surface area (Å²) in [7, 11) is 0. The summed E-state index contributed by atoms with van der Waals surface area (Å²) >= 11 is 0. The van der Waals surface area contributed by atoms with Gasteiger partial charge in [-0.3, -0.25) is 0 Å². The first-order valence-electron chi connectivity index (χ1n) is 15.4. The molecule has 3 heterocycles. The standard InChI is InChI=1S/C41H22N4O2/c42-23-24-9-13-31(14-10-24)45-36-15-11-29(40-43-34-19-25-5-1-3-7-27(25)21-38(34)46-40)17-32(36)33-18-30(12-16-37(33)45)41-44-35-20-26-6-2-4-8-28(26)22-39(35)47-41/h1-22H. The molecule has 0 aliphatic rings. The van der Waals surface area contributed by atoms with E-state index < -0.39 is 0 Å². The third-order valence-electron chi connectivity index (χ3n) is 9.03. The largest absolute Gasteiger partial charge is 0.436 e. The molecule has 10 aromatic rings. The molecule has 0 radical (unpaired) electrons. The van der Waals surface area contributed by atoms with Crippen molar-refractivity contribution in [3.8, 4) is 34.7 Å². The normalized spacial score (nSPS) is 11.8. The number of benzene rings is 7. The molecule has 0 amide bonds. The first-order valence-corrected chi connectivity index (χ1v) is 15.4. The van der Waals surface area contributed by atoms with Gasteiger partial charge >= 0.3 is 0 Å². The monoisotopic (exact) mass is 602 g/mol. The van der Waals surface area contributed by atoms with E-state index in [-0.39, 0.29) is 0 Å². The van der Waals surface area contributed by atoms with Crippen molar-refractivity contribution < 1.29 is 8.83 Å². The lowest BCUT2D eigenvalue weighted by Gasteiger charge is -2.08. The second-order valence-corrected chi connectivity index (χ2v) is 11.8. The zero-order valence-electron chi connectivity index (χ0n) is 24.8. The van der Waals surface area contributed by atoms with Crippen LogP contribution in [0.15, 0.2) is 142 Å². The van der Waals surface area contributed by atoms with E-state index >= 15 is 0 Å². The van der Waals surface area contributed by atoms with E-state index in [1.807, 2.05) is 60.7 Å². The molecule has 3 aromatic heterocycles. The minimum atomic E-state index is 0.568. The summed E-state index contributed by atoms with van der Waals surface area (Å²) in [6.45, 7) is 0.